The van der Waals surface area contributed by atoms with E-state index in [0.717, 1.165) is 53.9 Å². The Morgan fingerprint density at radius 2 is 1.96 bits per heavy atom. The van der Waals surface area contributed by atoms with Gasteiger partial charge < -0.3 is 14.5 Å². The lowest BCUT2D eigenvalue weighted by Crippen LogP contribution is -2.23. The number of fused-ring (bicyclic) bond motifs is 2. The minimum atomic E-state index is -0.179. The Labute approximate surface area is 151 Å². The van der Waals surface area contributed by atoms with E-state index in [-0.39, 0.29) is 5.82 Å². The molecular formula is C21H21FN2O2. The highest BCUT2D eigenvalue weighted by Crippen LogP contribution is 2.39. The van der Waals surface area contributed by atoms with Gasteiger partial charge in [0.05, 0.1) is 5.52 Å². The van der Waals surface area contributed by atoms with Crippen LogP contribution in [0.25, 0.3) is 10.9 Å². The second-order valence-corrected chi connectivity index (χ2v) is 7.04. The van der Waals surface area contributed by atoms with Crippen LogP contribution in [-0.2, 0) is 6.54 Å². The van der Waals surface area contributed by atoms with Gasteiger partial charge in [-0.05, 0) is 60.8 Å². The number of halogens is 1. The quantitative estimate of drug-likeness (QED) is 0.758. The first-order valence-corrected chi connectivity index (χ1v) is 9.17. The van der Waals surface area contributed by atoms with E-state index in [4.69, 9.17) is 9.47 Å². The van der Waals surface area contributed by atoms with Crippen molar-refractivity contribution in [3.8, 4) is 11.5 Å². The topological polar surface area (TPSA) is 37.5 Å². The van der Waals surface area contributed by atoms with Gasteiger partial charge >= 0.3 is 0 Å². The number of hydrogen-bond donors (Lipinski definition) is 1. The highest BCUT2D eigenvalue weighted by molar-refractivity contribution is 5.82. The molecule has 1 aromatic heterocycles. The molecular weight excluding hydrogens is 331 g/mol. The summed E-state index contributed by atoms with van der Waals surface area (Å²) in [6.07, 6.45) is 4.11. The van der Waals surface area contributed by atoms with Crippen LogP contribution >= 0.6 is 0 Å². The first-order valence-electron chi connectivity index (χ1n) is 9.17. The van der Waals surface area contributed by atoms with E-state index in [0.29, 0.717) is 19.3 Å². The number of aromatic amines is 1. The molecule has 0 bridgehead atoms. The van der Waals surface area contributed by atoms with Crippen LogP contribution in [0.3, 0.4) is 0 Å². The summed E-state index contributed by atoms with van der Waals surface area (Å²) in [7, 11) is 0. The minimum Gasteiger partial charge on any atom is -0.486 e. The fourth-order valence-corrected chi connectivity index (χ4v) is 4.21. The zero-order chi connectivity index (χ0) is 17.5. The maximum absolute atomic E-state index is 14.0. The highest BCUT2D eigenvalue weighted by Gasteiger charge is 2.28. The molecule has 4 nitrogen and oxygen atoms in total. The monoisotopic (exact) mass is 352 g/mol. The summed E-state index contributed by atoms with van der Waals surface area (Å²) < 4.78 is 25.4. The number of nitrogens with zero attached hydrogens (tertiary/aromatic N) is 1. The van der Waals surface area contributed by atoms with Crippen LogP contribution in [0.1, 0.15) is 30.0 Å². The summed E-state index contributed by atoms with van der Waals surface area (Å²) in [5.41, 5.74) is 3.28. The van der Waals surface area contributed by atoms with Gasteiger partial charge in [-0.15, -0.1) is 0 Å². The number of ether oxygens (including phenoxy) is 2. The van der Waals surface area contributed by atoms with E-state index in [1.165, 1.54) is 5.56 Å². The number of likely N-dealkylation sites (tertiary alicyclic amines) is 1. The maximum Gasteiger partial charge on any atom is 0.161 e. The van der Waals surface area contributed by atoms with E-state index in [2.05, 4.69) is 22.0 Å². The Bertz CT molecular complexity index is 952. The van der Waals surface area contributed by atoms with Gasteiger partial charge in [0, 0.05) is 24.2 Å². The molecule has 0 aliphatic carbocycles. The number of benzene rings is 2. The molecule has 0 unspecified atom stereocenters. The third-order valence-corrected chi connectivity index (χ3v) is 5.39. The molecule has 1 N–H and O–H groups in total. The lowest BCUT2D eigenvalue weighted by molar-refractivity contribution is 0.170. The normalized spacial score (nSPS) is 20.0. The number of aromatic nitrogens is 1. The van der Waals surface area contributed by atoms with Crippen LogP contribution in [0.2, 0.25) is 0 Å². The van der Waals surface area contributed by atoms with Crippen LogP contribution in [0.5, 0.6) is 11.5 Å². The largest absolute Gasteiger partial charge is 0.486 e. The Hall–Kier alpha value is -2.53. The van der Waals surface area contributed by atoms with Crippen molar-refractivity contribution in [1.82, 2.24) is 9.88 Å². The molecule has 1 fully saturated rings. The van der Waals surface area contributed by atoms with Gasteiger partial charge in [0.1, 0.15) is 19.0 Å². The van der Waals surface area contributed by atoms with Crippen molar-refractivity contribution in [3.63, 3.8) is 0 Å². The lowest BCUT2D eigenvalue weighted by atomic mass is 10.0. The first-order chi connectivity index (χ1) is 12.8. The second kappa shape index (κ2) is 6.32. The fourth-order valence-electron chi connectivity index (χ4n) is 4.21. The average molecular weight is 352 g/mol. The lowest BCUT2D eigenvalue weighted by Gasteiger charge is -2.27. The van der Waals surface area contributed by atoms with Crippen LogP contribution in [0, 0.1) is 5.82 Å². The van der Waals surface area contributed by atoms with Crippen molar-refractivity contribution in [3.05, 3.63) is 59.5 Å². The van der Waals surface area contributed by atoms with E-state index in [1.54, 1.807) is 12.1 Å². The third kappa shape index (κ3) is 2.72. The molecule has 134 valence electrons. The Balaban J connectivity index is 1.44. The van der Waals surface area contributed by atoms with Gasteiger partial charge in [0.15, 0.2) is 11.5 Å². The molecule has 26 heavy (non-hydrogen) atoms. The number of hydrogen-bond acceptors (Lipinski definition) is 3. The van der Waals surface area contributed by atoms with Gasteiger partial charge in [-0.2, -0.15) is 0 Å². The molecule has 2 aliphatic rings. The summed E-state index contributed by atoms with van der Waals surface area (Å²) in [4.78, 5) is 5.69. The maximum atomic E-state index is 14.0. The number of nitrogens with one attached hydrogen (secondary N) is 1. The van der Waals surface area contributed by atoms with Crippen molar-refractivity contribution in [2.24, 2.45) is 0 Å². The molecule has 0 radical (unpaired) electrons. The van der Waals surface area contributed by atoms with Crippen molar-refractivity contribution in [1.29, 1.82) is 0 Å². The van der Waals surface area contributed by atoms with Gasteiger partial charge in [0.25, 0.3) is 0 Å². The van der Waals surface area contributed by atoms with Crippen molar-refractivity contribution < 1.29 is 13.9 Å². The molecule has 1 atom stereocenters. The molecule has 0 spiro atoms. The molecule has 0 saturated carbocycles. The summed E-state index contributed by atoms with van der Waals surface area (Å²) >= 11 is 0. The molecule has 2 aliphatic heterocycles. The minimum absolute atomic E-state index is 0.179. The fraction of sp³-hybridized carbons (Fsp3) is 0.333. The average Bonchev–Trinajstić information content (AvgIpc) is 3.30. The van der Waals surface area contributed by atoms with E-state index >= 15 is 0 Å². The van der Waals surface area contributed by atoms with Gasteiger partial charge in [-0.25, -0.2) is 4.39 Å². The Morgan fingerprint density at radius 3 is 2.88 bits per heavy atom. The molecule has 0 amide bonds. The second-order valence-electron chi connectivity index (χ2n) is 7.04. The van der Waals surface area contributed by atoms with Crippen LogP contribution < -0.4 is 9.47 Å². The summed E-state index contributed by atoms with van der Waals surface area (Å²) in [5.74, 6) is 1.48. The van der Waals surface area contributed by atoms with Crippen LogP contribution in [-0.4, -0.2) is 29.6 Å². The van der Waals surface area contributed by atoms with Crippen molar-refractivity contribution in [2.75, 3.05) is 19.8 Å². The predicted octanol–water partition coefficient (Wildman–Crippen LogP) is 4.42. The first kappa shape index (κ1) is 15.7. The summed E-state index contributed by atoms with van der Waals surface area (Å²) in [6, 6.07) is 11.7. The van der Waals surface area contributed by atoms with Crippen LogP contribution in [0.15, 0.2) is 42.6 Å². The van der Waals surface area contributed by atoms with Crippen molar-refractivity contribution >= 4 is 10.9 Å². The molecule has 2 aromatic carbocycles. The van der Waals surface area contributed by atoms with E-state index < -0.39 is 0 Å². The molecule has 5 heteroatoms. The Morgan fingerprint density at radius 1 is 1.08 bits per heavy atom. The standard InChI is InChI=1S/C21H21FN2O2/c22-17-10-15-5-6-23-21(15)16(11-17)13-24-7-1-2-18(24)14-3-4-19-20(12-14)26-9-8-25-19/h3-6,10-12,18,23H,1-2,7-9,13H2/t18-/m0/s1. The number of H-pyrrole nitrogens is 1. The summed E-state index contributed by atoms with van der Waals surface area (Å²) in [5, 5.41) is 0.926. The molecule has 3 heterocycles. The van der Waals surface area contributed by atoms with Crippen LogP contribution in [0.4, 0.5) is 4.39 Å². The smallest absolute Gasteiger partial charge is 0.161 e. The summed E-state index contributed by atoms with van der Waals surface area (Å²) in [6.45, 7) is 2.94. The Kier molecular flexibility index (Phi) is 3.82. The van der Waals surface area contributed by atoms with Gasteiger partial charge in [-0.1, -0.05) is 6.07 Å². The zero-order valence-corrected chi connectivity index (χ0v) is 14.5. The zero-order valence-electron chi connectivity index (χ0n) is 14.5. The van der Waals surface area contributed by atoms with Gasteiger partial charge in [0.2, 0.25) is 0 Å². The third-order valence-electron chi connectivity index (χ3n) is 5.39. The number of rotatable bonds is 3. The molecule has 5 rings (SSSR count). The van der Waals surface area contributed by atoms with Gasteiger partial charge in [-0.3, -0.25) is 4.90 Å². The predicted molar refractivity (Wildman–Crippen MR) is 98.1 cm³/mol. The SMILES string of the molecule is Fc1cc(CN2CCC[C@H]2c2ccc3c(c2)OCCO3)c2[nH]ccc2c1. The van der Waals surface area contributed by atoms with E-state index in [1.807, 2.05) is 18.3 Å². The van der Waals surface area contributed by atoms with E-state index in [9.17, 15) is 4.39 Å². The highest BCUT2D eigenvalue weighted by atomic mass is 19.1. The molecule has 3 aromatic rings. The molecule has 1 saturated heterocycles. The van der Waals surface area contributed by atoms with Crippen molar-refractivity contribution in [2.45, 2.75) is 25.4 Å².